The molecule has 0 radical (unpaired) electrons. The maximum atomic E-state index is 11.3. The minimum atomic E-state index is -0.254. The maximum Gasteiger partial charge on any atom is 0.239 e. The summed E-state index contributed by atoms with van der Waals surface area (Å²) in [7, 11) is 0. The average molecular weight is 274 g/mol. The summed E-state index contributed by atoms with van der Waals surface area (Å²) in [6, 6.07) is 0. The first-order chi connectivity index (χ1) is 8.60. The van der Waals surface area contributed by atoms with Crippen LogP contribution in [-0.4, -0.2) is 42.2 Å². The number of ketones is 1. The van der Waals surface area contributed by atoms with Crippen molar-refractivity contribution in [3.05, 3.63) is 0 Å². The first-order valence-electron chi connectivity index (χ1n) is 6.23. The second-order valence-corrected chi connectivity index (χ2v) is 5.11. The number of thioether (sulfide) groups is 1. The van der Waals surface area contributed by atoms with Gasteiger partial charge in [-0.1, -0.05) is 13.8 Å². The molecule has 0 aliphatic heterocycles. The second kappa shape index (κ2) is 11.1. The fourth-order valence-corrected chi connectivity index (χ4v) is 1.78. The Labute approximate surface area is 112 Å². The first kappa shape index (κ1) is 17.0. The van der Waals surface area contributed by atoms with E-state index in [1.54, 1.807) is 18.7 Å². The topological polar surface area (TPSA) is 75.3 Å². The highest BCUT2D eigenvalue weighted by Crippen LogP contribution is 1.99. The van der Waals surface area contributed by atoms with Gasteiger partial charge in [0.1, 0.15) is 5.78 Å². The molecule has 0 saturated carbocycles. The third-order valence-electron chi connectivity index (χ3n) is 2.24. The summed E-state index contributed by atoms with van der Waals surface area (Å²) in [4.78, 5) is 33.6. The molecular formula is C12H22N2O3S. The highest BCUT2D eigenvalue weighted by molar-refractivity contribution is 7.99. The molecule has 104 valence electrons. The molecule has 0 heterocycles. The summed E-state index contributed by atoms with van der Waals surface area (Å²) in [5, 5.41) is 5.14. The Bertz CT molecular complexity index is 282. The Morgan fingerprint density at radius 3 is 2.33 bits per heavy atom. The van der Waals surface area contributed by atoms with Gasteiger partial charge in [-0.2, -0.15) is 11.8 Å². The SMILES string of the molecule is CCSCCC(=O)NCC(=O)NCCC(=O)CC. The molecule has 0 aromatic rings. The third kappa shape index (κ3) is 10.1. The van der Waals surface area contributed by atoms with Crippen LogP contribution >= 0.6 is 11.8 Å². The van der Waals surface area contributed by atoms with Crippen molar-refractivity contribution in [2.45, 2.75) is 33.1 Å². The normalized spacial score (nSPS) is 9.89. The summed E-state index contributed by atoms with van der Waals surface area (Å²) in [5.41, 5.74) is 0. The minimum Gasteiger partial charge on any atom is -0.354 e. The Morgan fingerprint density at radius 1 is 1.00 bits per heavy atom. The molecule has 0 fully saturated rings. The Hall–Kier alpha value is -1.04. The summed E-state index contributed by atoms with van der Waals surface area (Å²) < 4.78 is 0. The van der Waals surface area contributed by atoms with E-state index in [0.29, 0.717) is 25.8 Å². The number of amides is 2. The highest BCUT2D eigenvalue weighted by Gasteiger charge is 2.05. The Kier molecular flexibility index (Phi) is 10.4. The molecular weight excluding hydrogens is 252 g/mol. The van der Waals surface area contributed by atoms with Crippen molar-refractivity contribution in [1.29, 1.82) is 0 Å². The lowest BCUT2D eigenvalue weighted by Gasteiger charge is -2.06. The minimum absolute atomic E-state index is 0.0179. The van der Waals surface area contributed by atoms with Crippen molar-refractivity contribution in [3.8, 4) is 0 Å². The van der Waals surface area contributed by atoms with E-state index in [1.165, 1.54) is 0 Å². The zero-order valence-electron chi connectivity index (χ0n) is 11.1. The molecule has 2 N–H and O–H groups in total. The predicted octanol–water partition coefficient (Wildman–Crippen LogP) is 0.731. The van der Waals surface area contributed by atoms with Crippen LogP contribution in [0, 0.1) is 0 Å². The van der Waals surface area contributed by atoms with Crippen LogP contribution in [-0.2, 0) is 14.4 Å². The van der Waals surface area contributed by atoms with Crippen LogP contribution in [0.25, 0.3) is 0 Å². The zero-order chi connectivity index (χ0) is 13.8. The van der Waals surface area contributed by atoms with Crippen LogP contribution in [0.1, 0.15) is 33.1 Å². The van der Waals surface area contributed by atoms with E-state index in [1.807, 2.05) is 6.92 Å². The van der Waals surface area contributed by atoms with E-state index >= 15 is 0 Å². The zero-order valence-corrected chi connectivity index (χ0v) is 11.9. The molecule has 0 spiro atoms. The standard InChI is InChI=1S/C12H22N2O3S/c1-3-10(15)5-7-13-12(17)9-14-11(16)6-8-18-4-2/h3-9H2,1-2H3,(H,13,17)(H,14,16). The number of carbonyl (C=O) groups is 3. The first-order valence-corrected chi connectivity index (χ1v) is 7.38. The smallest absolute Gasteiger partial charge is 0.239 e. The van der Waals surface area contributed by atoms with E-state index in [2.05, 4.69) is 10.6 Å². The molecule has 6 heteroatoms. The van der Waals surface area contributed by atoms with E-state index in [9.17, 15) is 14.4 Å². The highest BCUT2D eigenvalue weighted by atomic mass is 32.2. The monoisotopic (exact) mass is 274 g/mol. The summed E-state index contributed by atoms with van der Waals surface area (Å²) in [6.07, 6.45) is 1.27. The Morgan fingerprint density at radius 2 is 1.72 bits per heavy atom. The van der Waals surface area contributed by atoms with E-state index < -0.39 is 0 Å². The Balaban J connectivity index is 3.52. The lowest BCUT2D eigenvalue weighted by molar-refractivity contribution is -0.126. The molecule has 18 heavy (non-hydrogen) atoms. The number of carbonyl (C=O) groups excluding carboxylic acids is 3. The molecule has 0 aromatic heterocycles. The largest absolute Gasteiger partial charge is 0.354 e. The van der Waals surface area contributed by atoms with Crippen LogP contribution in [0.2, 0.25) is 0 Å². The van der Waals surface area contributed by atoms with Gasteiger partial charge in [-0.05, 0) is 5.75 Å². The van der Waals surface area contributed by atoms with Crippen LogP contribution in [0.15, 0.2) is 0 Å². The van der Waals surface area contributed by atoms with Gasteiger partial charge in [0.25, 0.3) is 0 Å². The maximum absolute atomic E-state index is 11.3. The number of Topliss-reactive ketones (excluding diaryl/α,β-unsaturated/α-hetero) is 1. The summed E-state index contributed by atoms with van der Waals surface area (Å²) >= 11 is 1.69. The van der Waals surface area contributed by atoms with Crippen molar-refractivity contribution in [1.82, 2.24) is 10.6 Å². The number of nitrogens with one attached hydrogen (secondary N) is 2. The van der Waals surface area contributed by atoms with Gasteiger partial charge in [-0.25, -0.2) is 0 Å². The van der Waals surface area contributed by atoms with Gasteiger partial charge >= 0.3 is 0 Å². The van der Waals surface area contributed by atoms with Gasteiger partial charge in [0.05, 0.1) is 6.54 Å². The van der Waals surface area contributed by atoms with Gasteiger partial charge in [0.2, 0.25) is 11.8 Å². The van der Waals surface area contributed by atoms with Crippen LogP contribution in [0.4, 0.5) is 0 Å². The molecule has 2 amide bonds. The molecule has 0 aromatic carbocycles. The van der Waals surface area contributed by atoms with Crippen LogP contribution < -0.4 is 10.6 Å². The number of hydrogen-bond donors (Lipinski definition) is 2. The van der Waals surface area contributed by atoms with E-state index in [-0.39, 0.29) is 24.1 Å². The van der Waals surface area contributed by atoms with Gasteiger partial charge < -0.3 is 10.6 Å². The average Bonchev–Trinajstić information content (AvgIpc) is 2.36. The van der Waals surface area contributed by atoms with Crippen molar-refractivity contribution >= 4 is 29.4 Å². The molecule has 0 saturated heterocycles. The van der Waals surface area contributed by atoms with Gasteiger partial charge in [0, 0.05) is 31.6 Å². The molecule has 0 unspecified atom stereocenters. The summed E-state index contributed by atoms with van der Waals surface area (Å²) in [6.45, 7) is 4.15. The van der Waals surface area contributed by atoms with Gasteiger partial charge in [-0.15, -0.1) is 0 Å². The predicted molar refractivity (Wildman–Crippen MR) is 73.6 cm³/mol. The van der Waals surface area contributed by atoms with Gasteiger partial charge in [0.15, 0.2) is 0 Å². The van der Waals surface area contributed by atoms with Gasteiger partial charge in [-0.3, -0.25) is 14.4 Å². The molecule has 0 rings (SSSR count). The quantitative estimate of drug-likeness (QED) is 0.576. The van der Waals surface area contributed by atoms with Crippen LogP contribution in [0.5, 0.6) is 0 Å². The molecule has 0 aliphatic carbocycles. The van der Waals surface area contributed by atoms with E-state index in [0.717, 1.165) is 11.5 Å². The summed E-state index contributed by atoms with van der Waals surface area (Å²) in [5.74, 6) is 1.51. The molecule has 0 bridgehead atoms. The second-order valence-electron chi connectivity index (χ2n) is 3.72. The molecule has 5 nitrogen and oxygen atoms in total. The van der Waals surface area contributed by atoms with Crippen molar-refractivity contribution in [3.63, 3.8) is 0 Å². The number of rotatable bonds is 10. The van der Waals surface area contributed by atoms with E-state index in [4.69, 9.17) is 0 Å². The van der Waals surface area contributed by atoms with Crippen molar-refractivity contribution < 1.29 is 14.4 Å². The third-order valence-corrected chi connectivity index (χ3v) is 3.15. The molecule has 0 aliphatic rings. The molecule has 0 atom stereocenters. The lowest BCUT2D eigenvalue weighted by Crippen LogP contribution is -2.37. The fourth-order valence-electron chi connectivity index (χ4n) is 1.16. The van der Waals surface area contributed by atoms with Crippen LogP contribution in [0.3, 0.4) is 0 Å². The fraction of sp³-hybridized carbons (Fsp3) is 0.750. The lowest BCUT2D eigenvalue weighted by atomic mass is 10.2. The number of hydrogen-bond acceptors (Lipinski definition) is 4. The van der Waals surface area contributed by atoms with Crippen molar-refractivity contribution in [2.75, 3.05) is 24.6 Å². The van der Waals surface area contributed by atoms with Crippen molar-refractivity contribution in [2.24, 2.45) is 0 Å².